The molecular formula is C23H35ClO4. The summed E-state index contributed by atoms with van der Waals surface area (Å²) in [6.45, 7) is 6.38. The maximum atomic E-state index is 12.4. The predicted molar refractivity (Wildman–Crippen MR) is 108 cm³/mol. The summed E-state index contributed by atoms with van der Waals surface area (Å²) in [5.74, 6) is 1.73. The van der Waals surface area contributed by atoms with Gasteiger partial charge in [-0.1, -0.05) is 13.8 Å². The molecule has 158 valence electrons. The molecule has 0 radical (unpaired) electrons. The van der Waals surface area contributed by atoms with Gasteiger partial charge in [-0.05, 0) is 86.9 Å². The fourth-order valence-electron chi connectivity index (χ4n) is 8.30. The number of ether oxygens (including phenoxy) is 1. The van der Waals surface area contributed by atoms with Crippen LogP contribution >= 0.6 is 11.6 Å². The number of hydrogen-bond acceptors (Lipinski definition) is 4. The molecule has 4 aliphatic rings. The Hall–Kier alpha value is -0.610. The van der Waals surface area contributed by atoms with Gasteiger partial charge in [-0.3, -0.25) is 9.59 Å². The summed E-state index contributed by atoms with van der Waals surface area (Å²) in [5.41, 5.74) is 0.0106. The minimum Gasteiger partial charge on any atom is -0.461 e. The van der Waals surface area contributed by atoms with Crippen LogP contribution in [0.5, 0.6) is 0 Å². The number of carbonyl (C=O) groups excluding carboxylic acids is 2. The van der Waals surface area contributed by atoms with E-state index in [1.165, 1.54) is 0 Å². The van der Waals surface area contributed by atoms with E-state index in [-0.39, 0.29) is 46.6 Å². The van der Waals surface area contributed by atoms with Gasteiger partial charge in [0.15, 0.2) is 0 Å². The molecule has 9 atom stereocenters. The molecule has 0 heterocycles. The lowest BCUT2D eigenvalue weighted by atomic mass is 9.43. The van der Waals surface area contributed by atoms with Crippen molar-refractivity contribution in [3.05, 3.63) is 0 Å². The zero-order valence-electron chi connectivity index (χ0n) is 17.5. The highest BCUT2D eigenvalue weighted by Crippen LogP contribution is 2.68. The average molecular weight is 411 g/mol. The normalized spacial score (nSPS) is 50.2. The number of rotatable bonds is 3. The largest absolute Gasteiger partial charge is 0.461 e. The number of fused-ring (bicyclic) bond motifs is 5. The Morgan fingerprint density at radius 3 is 2.54 bits per heavy atom. The van der Waals surface area contributed by atoms with Crippen LogP contribution < -0.4 is 0 Å². The minimum absolute atomic E-state index is 0.0781. The van der Waals surface area contributed by atoms with Gasteiger partial charge in [-0.25, -0.2) is 0 Å². The van der Waals surface area contributed by atoms with Gasteiger partial charge in [-0.15, -0.1) is 11.6 Å². The molecule has 0 aromatic heterocycles. The van der Waals surface area contributed by atoms with Crippen molar-refractivity contribution in [1.82, 2.24) is 0 Å². The summed E-state index contributed by atoms with van der Waals surface area (Å²) in [6.07, 6.45) is 7.46. The lowest BCUT2D eigenvalue weighted by Gasteiger charge is -2.62. The average Bonchev–Trinajstić information content (AvgIpc) is 2.98. The van der Waals surface area contributed by atoms with Crippen LogP contribution in [-0.4, -0.2) is 34.9 Å². The van der Waals surface area contributed by atoms with Crippen molar-refractivity contribution in [3.63, 3.8) is 0 Å². The summed E-state index contributed by atoms with van der Waals surface area (Å²) in [4.78, 5) is 24.6. The SMILES string of the molecule is CC(=O)[C@H]1CC[C@H]2[C@@H]3CC[C@H]4C[C@H](O)CC[C@]4(C)[C@H]3[C@@H](OC(=O)CCl)C[C@]12C. The molecule has 5 heteroatoms. The molecule has 0 unspecified atom stereocenters. The highest BCUT2D eigenvalue weighted by molar-refractivity contribution is 6.26. The number of hydrogen-bond donors (Lipinski definition) is 1. The van der Waals surface area contributed by atoms with Crippen LogP contribution in [0.1, 0.15) is 72.1 Å². The number of aliphatic hydroxyl groups excluding tert-OH is 1. The van der Waals surface area contributed by atoms with Crippen LogP contribution in [-0.2, 0) is 14.3 Å². The Kier molecular flexibility index (Phi) is 5.36. The minimum atomic E-state index is -0.341. The number of ketones is 1. The van der Waals surface area contributed by atoms with Gasteiger partial charge < -0.3 is 9.84 Å². The molecule has 4 rings (SSSR count). The smallest absolute Gasteiger partial charge is 0.321 e. The molecule has 1 N–H and O–H groups in total. The third-order valence-electron chi connectivity index (χ3n) is 9.43. The van der Waals surface area contributed by atoms with Gasteiger partial charge in [-0.2, -0.15) is 0 Å². The monoisotopic (exact) mass is 410 g/mol. The van der Waals surface area contributed by atoms with E-state index in [2.05, 4.69) is 13.8 Å². The second-order valence-corrected chi connectivity index (χ2v) is 10.9. The Balaban J connectivity index is 1.72. The quantitative estimate of drug-likeness (QED) is 0.554. The molecule has 0 amide bonds. The topological polar surface area (TPSA) is 63.6 Å². The lowest BCUT2D eigenvalue weighted by Crippen LogP contribution is -2.60. The number of aliphatic hydroxyl groups is 1. The Morgan fingerprint density at radius 2 is 1.86 bits per heavy atom. The van der Waals surface area contributed by atoms with Crippen LogP contribution in [0.25, 0.3) is 0 Å². The van der Waals surface area contributed by atoms with E-state index in [0.717, 1.165) is 51.4 Å². The van der Waals surface area contributed by atoms with Crippen LogP contribution in [0.3, 0.4) is 0 Å². The van der Waals surface area contributed by atoms with Gasteiger partial charge in [0.2, 0.25) is 0 Å². The molecule has 4 fully saturated rings. The molecule has 0 aromatic carbocycles. The Morgan fingerprint density at radius 1 is 1.11 bits per heavy atom. The number of carbonyl (C=O) groups is 2. The van der Waals surface area contributed by atoms with Crippen LogP contribution in [0, 0.1) is 40.4 Å². The molecule has 4 nitrogen and oxygen atoms in total. The summed E-state index contributed by atoms with van der Waals surface area (Å²) in [7, 11) is 0. The Bertz CT molecular complexity index is 651. The third kappa shape index (κ3) is 3.05. The molecule has 4 aliphatic carbocycles. The molecule has 0 aromatic rings. The molecule has 4 saturated carbocycles. The van der Waals surface area contributed by atoms with Crippen molar-refractivity contribution in [2.75, 3.05) is 5.88 Å². The third-order valence-corrected chi connectivity index (χ3v) is 9.65. The molecule has 0 aliphatic heterocycles. The Labute approximate surface area is 173 Å². The van der Waals surface area contributed by atoms with E-state index in [1.807, 2.05) is 0 Å². The van der Waals surface area contributed by atoms with E-state index in [4.69, 9.17) is 16.3 Å². The number of halogens is 1. The highest BCUT2D eigenvalue weighted by atomic mass is 35.5. The first-order valence-corrected chi connectivity index (χ1v) is 11.7. The first-order chi connectivity index (χ1) is 13.2. The number of Topliss-reactive ketones (excluding diaryl/α,β-unsaturated/α-hetero) is 1. The molecule has 28 heavy (non-hydrogen) atoms. The fraction of sp³-hybridized carbons (Fsp3) is 0.913. The summed E-state index contributed by atoms with van der Waals surface area (Å²) >= 11 is 5.80. The van der Waals surface area contributed by atoms with E-state index in [1.54, 1.807) is 6.92 Å². The summed E-state index contributed by atoms with van der Waals surface area (Å²) in [5, 5.41) is 10.3. The first-order valence-electron chi connectivity index (χ1n) is 11.1. The van der Waals surface area contributed by atoms with Crippen molar-refractivity contribution in [1.29, 1.82) is 0 Å². The maximum absolute atomic E-state index is 12.4. The fourth-order valence-corrected chi connectivity index (χ4v) is 8.36. The van der Waals surface area contributed by atoms with Gasteiger partial charge in [0.05, 0.1) is 6.10 Å². The van der Waals surface area contributed by atoms with E-state index in [0.29, 0.717) is 23.7 Å². The summed E-state index contributed by atoms with van der Waals surface area (Å²) in [6, 6.07) is 0. The van der Waals surface area contributed by atoms with Crippen molar-refractivity contribution in [2.45, 2.75) is 84.3 Å². The zero-order valence-corrected chi connectivity index (χ0v) is 18.2. The van der Waals surface area contributed by atoms with E-state index >= 15 is 0 Å². The van der Waals surface area contributed by atoms with Gasteiger partial charge in [0.1, 0.15) is 17.8 Å². The molecule has 0 spiro atoms. The predicted octanol–water partition coefficient (Wildman–Crippen LogP) is 4.36. The summed E-state index contributed by atoms with van der Waals surface area (Å²) < 4.78 is 6.01. The number of alkyl halides is 1. The molecule has 0 saturated heterocycles. The van der Waals surface area contributed by atoms with Crippen molar-refractivity contribution >= 4 is 23.4 Å². The van der Waals surface area contributed by atoms with Crippen molar-refractivity contribution < 1.29 is 19.4 Å². The van der Waals surface area contributed by atoms with E-state index in [9.17, 15) is 14.7 Å². The first kappa shape index (κ1) is 20.7. The molecule has 0 bridgehead atoms. The van der Waals surface area contributed by atoms with Crippen LogP contribution in [0.2, 0.25) is 0 Å². The molecular weight excluding hydrogens is 376 g/mol. The van der Waals surface area contributed by atoms with Gasteiger partial charge in [0, 0.05) is 11.8 Å². The highest BCUT2D eigenvalue weighted by Gasteiger charge is 2.64. The standard InChI is InChI=1S/C23H35ClO4/c1-13(25)17-6-7-18-16-5-4-14-10-15(26)8-9-22(14,2)21(16)19(11-23(17,18)3)28-20(27)12-24/h14-19,21,26H,4-12H2,1-3H3/t14-,15+,16-,17+,18-,19-,21+,22-,23+/m0/s1. The second-order valence-electron chi connectivity index (χ2n) is 10.6. The second kappa shape index (κ2) is 7.27. The van der Waals surface area contributed by atoms with Gasteiger partial charge >= 0.3 is 5.97 Å². The van der Waals surface area contributed by atoms with Gasteiger partial charge in [0.25, 0.3) is 0 Å². The van der Waals surface area contributed by atoms with Crippen LogP contribution in [0.15, 0.2) is 0 Å². The van der Waals surface area contributed by atoms with Crippen LogP contribution in [0.4, 0.5) is 0 Å². The zero-order chi connectivity index (χ0) is 20.3. The van der Waals surface area contributed by atoms with Crippen molar-refractivity contribution in [2.24, 2.45) is 40.4 Å². The number of esters is 1. The lowest BCUT2D eigenvalue weighted by molar-refractivity contribution is -0.197. The maximum Gasteiger partial charge on any atom is 0.321 e. The van der Waals surface area contributed by atoms with E-state index < -0.39 is 0 Å². The van der Waals surface area contributed by atoms with Crippen molar-refractivity contribution in [3.8, 4) is 0 Å².